The predicted molar refractivity (Wildman–Crippen MR) is 113 cm³/mol. The normalized spacial score (nSPS) is 12.0. The number of halogens is 7. The van der Waals surface area contributed by atoms with Crippen LogP contribution in [0.5, 0.6) is 0 Å². The third-order valence-corrected chi connectivity index (χ3v) is 4.91. The third kappa shape index (κ3) is 5.70. The number of anilines is 2. The number of carbonyl (C=O) groups excluding carboxylic acids is 1. The van der Waals surface area contributed by atoms with E-state index in [2.05, 4.69) is 4.98 Å². The predicted octanol–water partition coefficient (Wildman–Crippen LogP) is 8.08. The monoisotopic (exact) mass is 514 g/mol. The lowest BCUT2D eigenvalue weighted by Crippen LogP contribution is -2.30. The largest absolute Gasteiger partial charge is 0.424 e. The summed E-state index contributed by atoms with van der Waals surface area (Å²) < 4.78 is 41.7. The fourth-order valence-electron chi connectivity index (χ4n) is 2.41. The Bertz CT molecular complexity index is 1070. The summed E-state index contributed by atoms with van der Waals surface area (Å²) in [6.07, 6.45) is -5.85. The Kier molecular flexibility index (Phi) is 6.74. The van der Waals surface area contributed by atoms with E-state index in [9.17, 15) is 18.0 Å². The summed E-state index contributed by atoms with van der Waals surface area (Å²) in [6.45, 7) is 0. The summed E-state index contributed by atoms with van der Waals surface area (Å²) in [5.41, 5.74) is -0.0609. The number of thiazole rings is 1. The van der Waals surface area contributed by atoms with Gasteiger partial charge in [0.15, 0.2) is 5.13 Å². The van der Waals surface area contributed by atoms with E-state index in [0.29, 0.717) is 16.3 Å². The molecule has 1 aromatic heterocycles. The molecule has 2 aromatic carbocycles. The van der Waals surface area contributed by atoms with Crippen molar-refractivity contribution >= 4 is 74.7 Å². The molecule has 3 rings (SSSR count). The highest BCUT2D eigenvalue weighted by Gasteiger charge is 2.34. The maximum Gasteiger partial charge on any atom is 0.424 e. The third-order valence-electron chi connectivity index (χ3n) is 3.62. The van der Waals surface area contributed by atoms with Gasteiger partial charge in [-0.3, -0.25) is 0 Å². The van der Waals surface area contributed by atoms with Crippen LogP contribution in [0.2, 0.25) is 5.02 Å². The van der Waals surface area contributed by atoms with Crippen molar-refractivity contribution in [3.63, 3.8) is 0 Å². The molecule has 12 heteroatoms. The van der Waals surface area contributed by atoms with Crippen molar-refractivity contribution in [2.75, 3.05) is 4.90 Å². The molecule has 30 heavy (non-hydrogen) atoms. The second-order valence-corrected chi connectivity index (χ2v) is 9.17. The number of ether oxygens (including phenoxy) is 1. The molecule has 158 valence electrons. The van der Waals surface area contributed by atoms with E-state index in [1.807, 2.05) is 0 Å². The van der Waals surface area contributed by atoms with E-state index in [-0.39, 0.29) is 10.8 Å². The Labute approximate surface area is 192 Å². The van der Waals surface area contributed by atoms with Gasteiger partial charge >= 0.3 is 16.2 Å². The van der Waals surface area contributed by atoms with Crippen molar-refractivity contribution in [1.82, 2.24) is 4.98 Å². The molecule has 0 bridgehead atoms. The average Bonchev–Trinajstić information content (AvgIpc) is 3.09. The van der Waals surface area contributed by atoms with Crippen molar-refractivity contribution in [3.8, 4) is 11.3 Å². The molecule has 0 unspecified atom stereocenters. The van der Waals surface area contributed by atoms with Gasteiger partial charge in [-0.2, -0.15) is 13.2 Å². The van der Waals surface area contributed by atoms with Gasteiger partial charge in [-0.25, -0.2) is 14.7 Å². The SMILES string of the molecule is O=C(OC(Cl)(Cl)Cl)N(c1cccc(C(F)(F)F)c1)c1nc(-c2cccc(Cl)c2)cs1. The highest BCUT2D eigenvalue weighted by atomic mass is 35.6. The molecule has 0 aliphatic carbocycles. The number of benzene rings is 2. The summed E-state index contributed by atoms with van der Waals surface area (Å²) in [7, 11) is 0. The summed E-state index contributed by atoms with van der Waals surface area (Å²) in [5, 5.41) is 2.07. The molecule has 0 atom stereocenters. The van der Waals surface area contributed by atoms with Gasteiger partial charge in [0.2, 0.25) is 0 Å². The molecule has 0 radical (unpaired) electrons. The van der Waals surface area contributed by atoms with Gasteiger partial charge in [-0.15, -0.1) is 11.3 Å². The van der Waals surface area contributed by atoms with Crippen LogP contribution in [0.3, 0.4) is 0 Å². The van der Waals surface area contributed by atoms with Crippen LogP contribution in [0.4, 0.5) is 28.8 Å². The van der Waals surface area contributed by atoms with Crippen molar-refractivity contribution in [2.24, 2.45) is 0 Å². The number of aromatic nitrogens is 1. The Balaban J connectivity index is 2.06. The van der Waals surface area contributed by atoms with Crippen LogP contribution in [0.25, 0.3) is 11.3 Å². The highest BCUT2D eigenvalue weighted by molar-refractivity contribution is 7.14. The van der Waals surface area contributed by atoms with Crippen molar-refractivity contribution < 1.29 is 22.7 Å². The first-order valence-electron chi connectivity index (χ1n) is 7.92. The Hall–Kier alpha value is -1.71. The Morgan fingerprint density at radius 2 is 1.77 bits per heavy atom. The first-order valence-corrected chi connectivity index (χ1v) is 10.3. The van der Waals surface area contributed by atoms with Crippen molar-refractivity contribution in [3.05, 3.63) is 64.5 Å². The zero-order valence-electron chi connectivity index (χ0n) is 14.5. The topological polar surface area (TPSA) is 42.4 Å². The quantitative estimate of drug-likeness (QED) is 0.331. The van der Waals surface area contributed by atoms with Crippen LogP contribution in [-0.2, 0) is 10.9 Å². The summed E-state index contributed by atoms with van der Waals surface area (Å²) in [6, 6.07) is 10.8. The van der Waals surface area contributed by atoms with E-state index < -0.39 is 21.8 Å². The summed E-state index contributed by atoms with van der Waals surface area (Å²) in [5.74, 6) is 0. The Morgan fingerprint density at radius 1 is 1.07 bits per heavy atom. The number of carbonyl (C=O) groups is 1. The second-order valence-electron chi connectivity index (χ2n) is 5.72. The van der Waals surface area contributed by atoms with Gasteiger partial charge < -0.3 is 4.74 Å². The van der Waals surface area contributed by atoms with Gasteiger partial charge in [0.05, 0.1) is 16.9 Å². The maximum absolute atomic E-state index is 13.1. The molecule has 1 amide bonds. The minimum absolute atomic E-state index is 0.00329. The standard InChI is InChI=1S/C18H9Cl4F3N2O2S/c19-12-5-1-3-10(7-12)14-9-30-15(26-14)27(16(28)29-18(20,21)22)13-6-2-4-11(8-13)17(23,24)25/h1-9H. The van der Waals surface area contributed by atoms with Crippen LogP contribution >= 0.6 is 57.7 Å². The number of amides is 1. The Morgan fingerprint density at radius 3 is 2.40 bits per heavy atom. The zero-order chi connectivity index (χ0) is 22.1. The van der Waals surface area contributed by atoms with E-state index in [1.165, 1.54) is 6.07 Å². The van der Waals surface area contributed by atoms with Gasteiger partial charge in [-0.05, 0) is 65.1 Å². The van der Waals surface area contributed by atoms with Crippen molar-refractivity contribution in [2.45, 2.75) is 10.2 Å². The zero-order valence-corrected chi connectivity index (χ0v) is 18.3. The molecule has 0 N–H and O–H groups in total. The van der Waals surface area contributed by atoms with E-state index in [4.69, 9.17) is 51.1 Å². The van der Waals surface area contributed by atoms with E-state index in [0.717, 1.165) is 34.4 Å². The minimum Gasteiger partial charge on any atom is -0.397 e. The minimum atomic E-state index is -4.63. The smallest absolute Gasteiger partial charge is 0.397 e. The second kappa shape index (κ2) is 8.80. The number of alkyl halides is 6. The molecule has 1 heterocycles. The average molecular weight is 516 g/mol. The highest BCUT2D eigenvalue weighted by Crippen LogP contribution is 2.38. The van der Waals surface area contributed by atoms with Crippen LogP contribution in [-0.4, -0.2) is 15.1 Å². The first kappa shape index (κ1) is 23.0. The number of hydrogen-bond donors (Lipinski definition) is 0. The molecule has 0 spiro atoms. The van der Waals surface area contributed by atoms with Gasteiger partial charge in [0.25, 0.3) is 0 Å². The van der Waals surface area contributed by atoms with E-state index in [1.54, 1.807) is 29.6 Å². The molecule has 0 fully saturated rings. The molecular formula is C18H9Cl4F3N2O2S. The van der Waals surface area contributed by atoms with Gasteiger partial charge in [0.1, 0.15) is 0 Å². The lowest BCUT2D eigenvalue weighted by molar-refractivity contribution is -0.137. The summed E-state index contributed by atoms with van der Waals surface area (Å²) >= 11 is 23.5. The maximum atomic E-state index is 13.1. The molecule has 0 saturated heterocycles. The summed E-state index contributed by atoms with van der Waals surface area (Å²) in [4.78, 5) is 17.7. The molecule has 3 aromatic rings. The van der Waals surface area contributed by atoms with Crippen molar-refractivity contribution in [1.29, 1.82) is 0 Å². The molecule has 0 aliphatic rings. The fraction of sp³-hybridized carbons (Fsp3) is 0.111. The lowest BCUT2D eigenvalue weighted by atomic mass is 10.2. The number of hydrogen-bond acceptors (Lipinski definition) is 4. The molecular weight excluding hydrogens is 507 g/mol. The lowest BCUT2D eigenvalue weighted by Gasteiger charge is -2.22. The molecule has 0 saturated carbocycles. The first-order chi connectivity index (χ1) is 13.9. The fourth-order valence-corrected chi connectivity index (χ4v) is 3.64. The van der Waals surface area contributed by atoms with Crippen LogP contribution < -0.4 is 4.90 Å². The van der Waals surface area contributed by atoms with E-state index >= 15 is 0 Å². The number of rotatable bonds is 3. The number of nitrogens with zero attached hydrogens (tertiary/aromatic N) is 2. The molecule has 0 aliphatic heterocycles. The van der Waals surface area contributed by atoms with Gasteiger partial charge in [-0.1, -0.05) is 29.8 Å². The van der Waals surface area contributed by atoms with Crippen LogP contribution in [0.1, 0.15) is 5.56 Å². The molecule has 4 nitrogen and oxygen atoms in total. The van der Waals surface area contributed by atoms with Gasteiger partial charge in [0, 0.05) is 16.0 Å². The van der Waals surface area contributed by atoms with Crippen LogP contribution in [0.15, 0.2) is 53.9 Å². The van der Waals surface area contributed by atoms with Crippen LogP contribution in [0, 0.1) is 0 Å².